The number of ether oxygens (including phenoxy) is 1. The molecule has 2 aliphatic heterocycles. The molecule has 4 heterocycles. The third kappa shape index (κ3) is 5.20. The van der Waals surface area contributed by atoms with Gasteiger partial charge in [0.1, 0.15) is 5.69 Å². The standard InChI is InChI=1S/C27H31N7O4S/c1-33-11-3-4-16(33)7-9-20(35)29-21-10-8-19(39-21)25-23-24(30-31-25)17-5-2-6-18(22(17)26(23)36)28-27(37)32-34-12-14-38-15-13-34/h2,5-6,8,10,16H,3-4,7,9,11-15H2,1H3,(H,29,35)(H,30,31)(H2,28,32,37). The Labute approximate surface area is 229 Å². The highest BCUT2D eigenvalue weighted by Gasteiger charge is 2.35. The second kappa shape index (κ2) is 10.9. The molecular weight excluding hydrogens is 518 g/mol. The van der Waals surface area contributed by atoms with Crippen LogP contribution in [0.2, 0.25) is 0 Å². The monoisotopic (exact) mass is 549 g/mol. The van der Waals surface area contributed by atoms with Crippen molar-refractivity contribution in [2.45, 2.75) is 31.7 Å². The van der Waals surface area contributed by atoms with E-state index >= 15 is 0 Å². The number of rotatable bonds is 7. The number of ketones is 1. The minimum atomic E-state index is -0.414. The molecule has 2 aromatic heterocycles. The fourth-order valence-corrected chi connectivity index (χ4v) is 6.43. The number of thiophene rings is 1. The number of urea groups is 1. The normalized spacial score (nSPS) is 19.1. The van der Waals surface area contributed by atoms with Gasteiger partial charge in [0.05, 0.1) is 45.6 Å². The van der Waals surface area contributed by atoms with E-state index in [2.05, 4.69) is 38.2 Å². The summed E-state index contributed by atoms with van der Waals surface area (Å²) >= 11 is 1.40. The molecule has 4 N–H and O–H groups in total. The van der Waals surface area contributed by atoms with Gasteiger partial charge in [-0.2, -0.15) is 5.10 Å². The lowest BCUT2D eigenvalue weighted by molar-refractivity contribution is -0.116. The van der Waals surface area contributed by atoms with E-state index in [-0.39, 0.29) is 11.7 Å². The summed E-state index contributed by atoms with van der Waals surface area (Å²) in [7, 11) is 2.11. The van der Waals surface area contributed by atoms with E-state index in [9.17, 15) is 14.4 Å². The number of anilines is 2. The Bertz CT molecular complexity index is 1410. The number of carbonyl (C=O) groups excluding carboxylic acids is 3. The first kappa shape index (κ1) is 25.7. The zero-order chi connectivity index (χ0) is 26.9. The Hall–Kier alpha value is -3.58. The number of nitrogens with zero attached hydrogens (tertiary/aromatic N) is 3. The van der Waals surface area contributed by atoms with Crippen LogP contribution < -0.4 is 16.1 Å². The molecule has 3 aromatic rings. The predicted octanol–water partition coefficient (Wildman–Crippen LogP) is 3.53. The lowest BCUT2D eigenvalue weighted by atomic mass is 10.1. The number of aromatic nitrogens is 2. The molecule has 2 saturated heterocycles. The van der Waals surface area contributed by atoms with E-state index < -0.39 is 6.03 Å². The first-order valence-corrected chi connectivity index (χ1v) is 14.1. The minimum Gasteiger partial charge on any atom is -0.379 e. The number of H-pyrrole nitrogens is 1. The lowest BCUT2D eigenvalue weighted by Gasteiger charge is -2.27. The fourth-order valence-electron chi connectivity index (χ4n) is 5.51. The summed E-state index contributed by atoms with van der Waals surface area (Å²) in [5, 5.41) is 15.8. The molecule has 3 aliphatic rings. The van der Waals surface area contributed by atoms with Crippen LogP contribution in [0.15, 0.2) is 30.3 Å². The number of likely N-dealkylation sites (tertiary alicyclic amines) is 1. The maximum absolute atomic E-state index is 13.6. The number of hydrogen-bond acceptors (Lipinski definition) is 8. The highest BCUT2D eigenvalue weighted by Crippen LogP contribution is 2.44. The molecule has 6 rings (SSSR count). The largest absolute Gasteiger partial charge is 0.379 e. The number of hydrazine groups is 1. The Morgan fingerprint density at radius 2 is 1.97 bits per heavy atom. The van der Waals surface area contributed by atoms with Gasteiger partial charge in [-0.15, -0.1) is 11.3 Å². The van der Waals surface area contributed by atoms with Gasteiger partial charge in [-0.3, -0.25) is 20.1 Å². The van der Waals surface area contributed by atoms with E-state index in [0.717, 1.165) is 29.3 Å². The predicted molar refractivity (Wildman–Crippen MR) is 149 cm³/mol. The van der Waals surface area contributed by atoms with Crippen LogP contribution in [0.25, 0.3) is 21.8 Å². The van der Waals surface area contributed by atoms with Crippen LogP contribution in [0.5, 0.6) is 0 Å². The highest BCUT2D eigenvalue weighted by atomic mass is 32.1. The molecule has 1 atom stereocenters. The third-order valence-corrected chi connectivity index (χ3v) is 8.57. The van der Waals surface area contributed by atoms with Crippen LogP contribution in [0.1, 0.15) is 41.6 Å². The van der Waals surface area contributed by atoms with Gasteiger partial charge < -0.3 is 20.3 Å². The average Bonchev–Trinajstić information content (AvgIpc) is 3.70. The molecule has 1 aliphatic carbocycles. The van der Waals surface area contributed by atoms with Crippen molar-refractivity contribution in [3.8, 4) is 21.8 Å². The summed E-state index contributed by atoms with van der Waals surface area (Å²) in [6, 6.07) is 9.13. The second-order valence-corrected chi connectivity index (χ2v) is 11.2. The van der Waals surface area contributed by atoms with Gasteiger partial charge >= 0.3 is 6.03 Å². The SMILES string of the molecule is CN1CCCC1CCC(=O)Nc1ccc(-c2[nH]nc3c2C(=O)c2c(NC(=O)NN4CCOCC4)cccc2-3)s1. The number of nitrogens with one attached hydrogen (secondary N) is 4. The van der Waals surface area contributed by atoms with Crippen LogP contribution >= 0.6 is 11.3 Å². The molecular formula is C27H31N7O4S. The van der Waals surface area contributed by atoms with E-state index in [0.29, 0.717) is 72.5 Å². The van der Waals surface area contributed by atoms with Gasteiger partial charge in [-0.25, -0.2) is 9.80 Å². The van der Waals surface area contributed by atoms with Crippen molar-refractivity contribution in [1.29, 1.82) is 0 Å². The maximum Gasteiger partial charge on any atom is 0.333 e. The number of carbonyl (C=O) groups is 3. The smallest absolute Gasteiger partial charge is 0.333 e. The Morgan fingerprint density at radius 3 is 2.77 bits per heavy atom. The van der Waals surface area contributed by atoms with Crippen LogP contribution in [0.3, 0.4) is 0 Å². The molecule has 0 bridgehead atoms. The van der Waals surface area contributed by atoms with Crippen LogP contribution in [0.4, 0.5) is 15.5 Å². The number of hydrogen-bond donors (Lipinski definition) is 4. The van der Waals surface area contributed by atoms with Crippen molar-refractivity contribution in [3.05, 3.63) is 41.5 Å². The van der Waals surface area contributed by atoms with Crippen LogP contribution in [-0.2, 0) is 9.53 Å². The van der Waals surface area contributed by atoms with Crippen molar-refractivity contribution in [2.75, 3.05) is 50.5 Å². The van der Waals surface area contributed by atoms with Crippen molar-refractivity contribution < 1.29 is 19.1 Å². The summed E-state index contributed by atoms with van der Waals surface area (Å²) in [4.78, 5) is 42.0. The van der Waals surface area contributed by atoms with Gasteiger partial charge in [-0.05, 0) is 51.1 Å². The molecule has 2 fully saturated rings. The van der Waals surface area contributed by atoms with Crippen LogP contribution in [-0.4, -0.2) is 83.8 Å². The van der Waals surface area contributed by atoms with E-state index in [4.69, 9.17) is 4.74 Å². The molecule has 1 unspecified atom stereocenters. The van der Waals surface area contributed by atoms with Crippen molar-refractivity contribution in [3.63, 3.8) is 0 Å². The molecule has 0 radical (unpaired) electrons. The van der Waals surface area contributed by atoms with Gasteiger partial charge in [0.2, 0.25) is 5.91 Å². The summed E-state index contributed by atoms with van der Waals surface area (Å²) < 4.78 is 5.31. The second-order valence-electron chi connectivity index (χ2n) is 10.1. The van der Waals surface area contributed by atoms with E-state index in [1.54, 1.807) is 17.1 Å². The molecule has 0 spiro atoms. The Kier molecular flexibility index (Phi) is 7.17. The van der Waals surface area contributed by atoms with Gasteiger partial charge in [0, 0.05) is 31.1 Å². The topological polar surface area (TPSA) is 132 Å². The Balaban J connectivity index is 1.15. The number of fused-ring (bicyclic) bond motifs is 3. The summed E-state index contributed by atoms with van der Waals surface area (Å²) in [6.45, 7) is 3.39. The average molecular weight is 550 g/mol. The molecule has 3 amide bonds. The quantitative estimate of drug-likeness (QED) is 0.277. The highest BCUT2D eigenvalue weighted by molar-refractivity contribution is 7.19. The number of benzene rings is 1. The molecule has 39 heavy (non-hydrogen) atoms. The van der Waals surface area contributed by atoms with Gasteiger partial charge in [0.15, 0.2) is 5.78 Å². The molecule has 11 nitrogen and oxygen atoms in total. The maximum atomic E-state index is 13.6. The van der Waals surface area contributed by atoms with Crippen molar-refractivity contribution in [1.82, 2.24) is 25.5 Å². The zero-order valence-corrected chi connectivity index (χ0v) is 22.5. The Morgan fingerprint density at radius 1 is 1.13 bits per heavy atom. The summed E-state index contributed by atoms with van der Waals surface area (Å²) in [5.41, 5.74) is 5.96. The summed E-state index contributed by atoms with van der Waals surface area (Å²) in [6.07, 6.45) is 3.66. The summed E-state index contributed by atoms with van der Waals surface area (Å²) in [5.74, 6) is -0.209. The first-order valence-electron chi connectivity index (χ1n) is 13.2. The van der Waals surface area contributed by atoms with Crippen molar-refractivity contribution in [2.24, 2.45) is 0 Å². The van der Waals surface area contributed by atoms with Crippen molar-refractivity contribution >= 4 is 39.7 Å². The number of aromatic amines is 1. The molecule has 0 saturated carbocycles. The molecule has 204 valence electrons. The molecule has 1 aromatic carbocycles. The zero-order valence-electron chi connectivity index (χ0n) is 21.7. The molecule has 12 heteroatoms. The van der Waals surface area contributed by atoms with E-state index in [1.165, 1.54) is 17.8 Å². The van der Waals surface area contributed by atoms with Gasteiger partial charge in [0.25, 0.3) is 0 Å². The number of morpholine rings is 1. The fraction of sp³-hybridized carbons (Fsp3) is 0.407. The number of amides is 3. The third-order valence-electron chi connectivity index (χ3n) is 7.55. The minimum absolute atomic E-state index is 0.00640. The first-order chi connectivity index (χ1) is 19.0. The van der Waals surface area contributed by atoms with Crippen LogP contribution in [0, 0.1) is 0 Å². The van der Waals surface area contributed by atoms with E-state index in [1.807, 2.05) is 18.2 Å². The van der Waals surface area contributed by atoms with Gasteiger partial charge in [-0.1, -0.05) is 12.1 Å². The lowest BCUT2D eigenvalue weighted by Crippen LogP contribution is -2.49.